The first-order valence-electron chi connectivity index (χ1n) is 6.00. The van der Waals surface area contributed by atoms with Crippen LogP contribution in [0.5, 0.6) is 11.8 Å². The molecule has 5 heteroatoms. The maximum Gasteiger partial charge on any atom is 0.220 e. The number of hydrogen-bond donors (Lipinski definition) is 1. The van der Waals surface area contributed by atoms with E-state index < -0.39 is 0 Å². The van der Waals surface area contributed by atoms with Gasteiger partial charge in [-0.05, 0) is 12.8 Å². The van der Waals surface area contributed by atoms with Gasteiger partial charge in [-0.3, -0.25) is 0 Å². The molecule has 0 unspecified atom stereocenters. The summed E-state index contributed by atoms with van der Waals surface area (Å²) in [6.45, 7) is 0.507. The molecule has 0 atom stereocenters. The van der Waals surface area contributed by atoms with Crippen LogP contribution in [0, 0.1) is 0 Å². The van der Waals surface area contributed by atoms with Gasteiger partial charge in [-0.25, -0.2) is 9.97 Å². The molecule has 1 aromatic heterocycles. The van der Waals surface area contributed by atoms with Gasteiger partial charge in [0.1, 0.15) is 12.9 Å². The summed E-state index contributed by atoms with van der Waals surface area (Å²) in [5.41, 5.74) is 6.08. The third-order valence-electron chi connectivity index (χ3n) is 3.18. The zero-order chi connectivity index (χ0) is 12.1. The molecule has 0 saturated heterocycles. The molecular weight excluding hydrogens is 218 g/mol. The number of nitrogens with zero attached hydrogens (tertiary/aromatic N) is 2. The van der Waals surface area contributed by atoms with Crippen LogP contribution in [0.1, 0.15) is 32.1 Å². The second-order valence-corrected chi connectivity index (χ2v) is 4.61. The molecule has 0 radical (unpaired) electrons. The van der Waals surface area contributed by atoms with E-state index >= 15 is 0 Å². The topological polar surface area (TPSA) is 70.3 Å². The first-order chi connectivity index (χ1) is 8.22. The fourth-order valence-electron chi connectivity index (χ4n) is 2.13. The van der Waals surface area contributed by atoms with Crippen molar-refractivity contribution in [3.05, 3.63) is 12.4 Å². The summed E-state index contributed by atoms with van der Waals surface area (Å²) >= 11 is 0. The number of nitrogens with two attached hydrogens (primary N) is 1. The standard InChI is InChI=1S/C12H19N3O2/c1-16-10-7-11(15-9-14-10)17-8-12(13)5-3-2-4-6-12/h7,9H,2-6,8,13H2,1H3. The Bertz CT molecular complexity index is 365. The van der Waals surface area contributed by atoms with Crippen molar-refractivity contribution >= 4 is 0 Å². The van der Waals surface area contributed by atoms with Crippen LogP contribution in [0.15, 0.2) is 12.4 Å². The summed E-state index contributed by atoms with van der Waals surface area (Å²) in [7, 11) is 1.57. The molecule has 17 heavy (non-hydrogen) atoms. The molecule has 1 fully saturated rings. The van der Waals surface area contributed by atoms with Gasteiger partial charge in [0.25, 0.3) is 0 Å². The van der Waals surface area contributed by atoms with Crippen LogP contribution in [0.25, 0.3) is 0 Å². The molecule has 0 aliphatic heterocycles. The summed E-state index contributed by atoms with van der Waals surface area (Å²) in [4.78, 5) is 7.96. The molecule has 0 aromatic carbocycles. The number of aromatic nitrogens is 2. The number of ether oxygens (including phenoxy) is 2. The van der Waals surface area contributed by atoms with Gasteiger partial charge < -0.3 is 15.2 Å². The molecule has 0 bridgehead atoms. The van der Waals surface area contributed by atoms with Crippen LogP contribution >= 0.6 is 0 Å². The van der Waals surface area contributed by atoms with E-state index in [1.54, 1.807) is 13.2 Å². The Labute approximate surface area is 101 Å². The Kier molecular flexibility index (Phi) is 3.78. The highest BCUT2D eigenvalue weighted by Gasteiger charge is 2.28. The van der Waals surface area contributed by atoms with E-state index in [9.17, 15) is 0 Å². The van der Waals surface area contributed by atoms with E-state index in [0.717, 1.165) is 12.8 Å². The zero-order valence-electron chi connectivity index (χ0n) is 10.2. The zero-order valence-corrected chi connectivity index (χ0v) is 10.2. The van der Waals surface area contributed by atoms with Crippen molar-refractivity contribution in [2.75, 3.05) is 13.7 Å². The van der Waals surface area contributed by atoms with E-state index in [0.29, 0.717) is 18.4 Å². The van der Waals surface area contributed by atoms with E-state index in [4.69, 9.17) is 15.2 Å². The summed E-state index contributed by atoms with van der Waals surface area (Å²) in [6.07, 6.45) is 7.13. The van der Waals surface area contributed by atoms with Crippen LogP contribution in [-0.2, 0) is 0 Å². The highest BCUT2D eigenvalue weighted by molar-refractivity contribution is 5.18. The molecule has 2 rings (SSSR count). The van der Waals surface area contributed by atoms with Crippen molar-refractivity contribution in [1.82, 2.24) is 9.97 Å². The lowest BCUT2D eigenvalue weighted by atomic mass is 9.83. The van der Waals surface area contributed by atoms with Crippen molar-refractivity contribution in [3.63, 3.8) is 0 Å². The Morgan fingerprint density at radius 2 is 1.94 bits per heavy atom. The molecule has 5 nitrogen and oxygen atoms in total. The van der Waals surface area contributed by atoms with Gasteiger partial charge >= 0.3 is 0 Å². The van der Waals surface area contributed by atoms with E-state index in [2.05, 4.69) is 9.97 Å². The lowest BCUT2D eigenvalue weighted by Gasteiger charge is -2.32. The second kappa shape index (κ2) is 5.31. The smallest absolute Gasteiger partial charge is 0.220 e. The van der Waals surface area contributed by atoms with Crippen molar-refractivity contribution < 1.29 is 9.47 Å². The van der Waals surface area contributed by atoms with Crippen LogP contribution in [0.3, 0.4) is 0 Å². The quantitative estimate of drug-likeness (QED) is 0.859. The summed E-state index contributed by atoms with van der Waals surface area (Å²) in [5, 5.41) is 0. The Morgan fingerprint density at radius 3 is 2.65 bits per heavy atom. The van der Waals surface area contributed by atoms with E-state index in [-0.39, 0.29) is 5.54 Å². The van der Waals surface area contributed by atoms with Crippen molar-refractivity contribution in [1.29, 1.82) is 0 Å². The average Bonchev–Trinajstić information content (AvgIpc) is 2.38. The molecule has 1 aliphatic carbocycles. The van der Waals surface area contributed by atoms with Crippen LogP contribution in [0.4, 0.5) is 0 Å². The molecular formula is C12H19N3O2. The minimum atomic E-state index is -0.198. The molecule has 0 spiro atoms. The fourth-order valence-corrected chi connectivity index (χ4v) is 2.13. The molecule has 1 heterocycles. The maximum atomic E-state index is 6.28. The van der Waals surface area contributed by atoms with Crippen LogP contribution in [-0.4, -0.2) is 29.2 Å². The summed E-state index contributed by atoms with van der Waals surface area (Å²) < 4.78 is 10.6. The van der Waals surface area contributed by atoms with Gasteiger partial charge in [0, 0.05) is 0 Å². The third kappa shape index (κ3) is 3.30. The SMILES string of the molecule is COc1cc(OCC2(N)CCCCC2)ncn1. The summed E-state index contributed by atoms with van der Waals surface area (Å²) in [5.74, 6) is 1.02. The van der Waals surface area contributed by atoms with Gasteiger partial charge in [-0.1, -0.05) is 19.3 Å². The first-order valence-corrected chi connectivity index (χ1v) is 6.00. The highest BCUT2D eigenvalue weighted by atomic mass is 16.5. The molecule has 94 valence electrons. The molecule has 0 amide bonds. The first kappa shape index (κ1) is 12.1. The predicted octanol–water partition coefficient (Wildman–Crippen LogP) is 1.53. The van der Waals surface area contributed by atoms with Gasteiger partial charge in [0.05, 0.1) is 18.7 Å². The van der Waals surface area contributed by atoms with Gasteiger partial charge in [-0.15, -0.1) is 0 Å². The Balaban J connectivity index is 1.92. The largest absolute Gasteiger partial charge is 0.481 e. The minimum absolute atomic E-state index is 0.198. The lowest BCUT2D eigenvalue weighted by Crippen LogP contribution is -2.47. The predicted molar refractivity (Wildman–Crippen MR) is 64.1 cm³/mol. The monoisotopic (exact) mass is 237 g/mol. The van der Waals surface area contributed by atoms with Crippen molar-refractivity contribution in [2.45, 2.75) is 37.6 Å². The van der Waals surface area contributed by atoms with Gasteiger partial charge in [-0.2, -0.15) is 0 Å². The summed E-state index contributed by atoms with van der Waals surface area (Å²) in [6, 6.07) is 1.67. The number of hydrogen-bond acceptors (Lipinski definition) is 5. The van der Waals surface area contributed by atoms with Crippen molar-refractivity contribution in [2.24, 2.45) is 5.73 Å². The van der Waals surface area contributed by atoms with Gasteiger partial charge in [0.15, 0.2) is 0 Å². The Morgan fingerprint density at radius 1 is 1.24 bits per heavy atom. The third-order valence-corrected chi connectivity index (χ3v) is 3.18. The van der Waals surface area contributed by atoms with Crippen LogP contribution in [0.2, 0.25) is 0 Å². The molecule has 1 aliphatic rings. The normalized spacial score (nSPS) is 18.7. The maximum absolute atomic E-state index is 6.28. The fraction of sp³-hybridized carbons (Fsp3) is 0.667. The van der Waals surface area contributed by atoms with Gasteiger partial charge in [0.2, 0.25) is 11.8 Å². The highest BCUT2D eigenvalue weighted by Crippen LogP contribution is 2.26. The second-order valence-electron chi connectivity index (χ2n) is 4.61. The van der Waals surface area contributed by atoms with E-state index in [1.165, 1.54) is 25.6 Å². The van der Waals surface area contributed by atoms with E-state index in [1.807, 2.05) is 0 Å². The number of methoxy groups -OCH3 is 1. The lowest BCUT2D eigenvalue weighted by molar-refractivity contribution is 0.168. The molecule has 2 N–H and O–H groups in total. The average molecular weight is 237 g/mol. The minimum Gasteiger partial charge on any atom is -0.481 e. The van der Waals surface area contributed by atoms with Crippen LogP contribution < -0.4 is 15.2 Å². The number of rotatable bonds is 4. The van der Waals surface area contributed by atoms with Crippen molar-refractivity contribution in [3.8, 4) is 11.8 Å². The molecule has 1 saturated carbocycles. The Hall–Kier alpha value is -1.36. The molecule has 1 aromatic rings.